The second-order valence-electron chi connectivity index (χ2n) is 4.17. The molecular weight excluding hydrogens is 284 g/mol. The fraction of sp³-hybridized carbons (Fsp3) is 0.583. The number of ether oxygens (including phenoxy) is 2. The van der Waals surface area contributed by atoms with Crippen molar-refractivity contribution in [1.82, 2.24) is 4.98 Å². The highest BCUT2D eigenvalue weighted by Gasteiger charge is 2.26. The lowest BCUT2D eigenvalue weighted by Gasteiger charge is -2.38. The Balaban J connectivity index is 2.12. The standard InChI is InChI=1S/C12H17BrN2O2/c1-9-8-17-11(5-13)7-15(9)12-4-3-10(16-2)6-14-12/h3-4,6,9,11H,5,7-8H2,1-2H3. The van der Waals surface area contributed by atoms with Gasteiger partial charge in [-0.05, 0) is 19.1 Å². The van der Waals surface area contributed by atoms with Gasteiger partial charge in [0.2, 0.25) is 0 Å². The van der Waals surface area contributed by atoms with E-state index in [2.05, 4.69) is 32.7 Å². The van der Waals surface area contributed by atoms with Crippen molar-refractivity contribution < 1.29 is 9.47 Å². The van der Waals surface area contributed by atoms with Crippen molar-refractivity contribution in [2.75, 3.05) is 30.5 Å². The molecule has 0 N–H and O–H groups in total. The zero-order valence-electron chi connectivity index (χ0n) is 10.1. The summed E-state index contributed by atoms with van der Waals surface area (Å²) in [6.45, 7) is 3.76. The number of anilines is 1. The van der Waals surface area contributed by atoms with Crippen molar-refractivity contribution in [2.24, 2.45) is 0 Å². The predicted molar refractivity (Wildman–Crippen MR) is 71.1 cm³/mol. The van der Waals surface area contributed by atoms with E-state index in [0.717, 1.165) is 30.0 Å². The molecule has 94 valence electrons. The summed E-state index contributed by atoms with van der Waals surface area (Å²) in [4.78, 5) is 6.70. The maximum Gasteiger partial charge on any atom is 0.137 e. The summed E-state index contributed by atoms with van der Waals surface area (Å²) in [5.41, 5.74) is 0. The van der Waals surface area contributed by atoms with E-state index in [-0.39, 0.29) is 6.10 Å². The van der Waals surface area contributed by atoms with Gasteiger partial charge in [0.25, 0.3) is 0 Å². The Hall–Kier alpha value is -0.810. The molecule has 0 radical (unpaired) electrons. The average Bonchev–Trinajstić information content (AvgIpc) is 2.39. The number of hydrogen-bond acceptors (Lipinski definition) is 4. The number of halogens is 1. The van der Waals surface area contributed by atoms with Gasteiger partial charge in [-0.15, -0.1) is 0 Å². The van der Waals surface area contributed by atoms with E-state index < -0.39 is 0 Å². The summed E-state index contributed by atoms with van der Waals surface area (Å²) in [5, 5.41) is 0.854. The van der Waals surface area contributed by atoms with Crippen LogP contribution in [0.5, 0.6) is 5.75 Å². The van der Waals surface area contributed by atoms with Crippen molar-refractivity contribution >= 4 is 21.7 Å². The van der Waals surface area contributed by atoms with Crippen LogP contribution in [-0.4, -0.2) is 42.7 Å². The van der Waals surface area contributed by atoms with Crippen molar-refractivity contribution in [2.45, 2.75) is 19.1 Å². The predicted octanol–water partition coefficient (Wildman–Crippen LogP) is 2.08. The van der Waals surface area contributed by atoms with Gasteiger partial charge in [-0.3, -0.25) is 0 Å². The highest BCUT2D eigenvalue weighted by Crippen LogP contribution is 2.22. The molecular formula is C12H17BrN2O2. The lowest BCUT2D eigenvalue weighted by atomic mass is 10.2. The van der Waals surface area contributed by atoms with Crippen LogP contribution in [0.3, 0.4) is 0 Å². The van der Waals surface area contributed by atoms with E-state index in [0.29, 0.717) is 6.04 Å². The lowest BCUT2D eigenvalue weighted by Crippen LogP contribution is -2.49. The minimum Gasteiger partial charge on any atom is -0.495 e. The fourth-order valence-electron chi connectivity index (χ4n) is 1.89. The van der Waals surface area contributed by atoms with Crippen LogP contribution in [-0.2, 0) is 4.74 Å². The van der Waals surface area contributed by atoms with E-state index in [4.69, 9.17) is 9.47 Å². The molecule has 0 amide bonds. The molecule has 0 bridgehead atoms. The Morgan fingerprint density at radius 1 is 1.59 bits per heavy atom. The van der Waals surface area contributed by atoms with Gasteiger partial charge in [0.1, 0.15) is 11.6 Å². The maximum atomic E-state index is 5.69. The fourth-order valence-corrected chi connectivity index (χ4v) is 2.28. The summed E-state index contributed by atoms with van der Waals surface area (Å²) in [5.74, 6) is 1.76. The number of alkyl halides is 1. The Labute approximate surface area is 110 Å². The third kappa shape index (κ3) is 2.90. The molecule has 0 aliphatic carbocycles. The summed E-state index contributed by atoms with van der Waals surface area (Å²) in [6, 6.07) is 4.28. The van der Waals surface area contributed by atoms with E-state index >= 15 is 0 Å². The average molecular weight is 301 g/mol. The first kappa shape index (κ1) is 12.6. The van der Waals surface area contributed by atoms with Crippen LogP contribution >= 0.6 is 15.9 Å². The molecule has 2 atom stereocenters. The van der Waals surface area contributed by atoms with Crippen LogP contribution in [0.15, 0.2) is 18.3 Å². The molecule has 17 heavy (non-hydrogen) atoms. The Morgan fingerprint density at radius 3 is 3.00 bits per heavy atom. The molecule has 1 fully saturated rings. The molecule has 4 nitrogen and oxygen atoms in total. The van der Waals surface area contributed by atoms with Gasteiger partial charge >= 0.3 is 0 Å². The smallest absolute Gasteiger partial charge is 0.137 e. The molecule has 1 aromatic rings. The molecule has 0 spiro atoms. The molecule has 1 saturated heterocycles. The first-order chi connectivity index (χ1) is 8.24. The maximum absolute atomic E-state index is 5.69. The number of hydrogen-bond donors (Lipinski definition) is 0. The number of pyridine rings is 1. The highest BCUT2D eigenvalue weighted by molar-refractivity contribution is 9.09. The number of aromatic nitrogens is 1. The van der Waals surface area contributed by atoms with Gasteiger partial charge in [-0.2, -0.15) is 0 Å². The van der Waals surface area contributed by atoms with Gasteiger partial charge in [-0.1, -0.05) is 15.9 Å². The topological polar surface area (TPSA) is 34.6 Å². The second-order valence-corrected chi connectivity index (χ2v) is 4.81. The van der Waals surface area contributed by atoms with Gasteiger partial charge in [0.15, 0.2) is 0 Å². The molecule has 0 aromatic carbocycles. The van der Waals surface area contributed by atoms with E-state index in [1.54, 1.807) is 13.3 Å². The molecule has 1 aromatic heterocycles. The van der Waals surface area contributed by atoms with E-state index in [1.165, 1.54) is 0 Å². The largest absolute Gasteiger partial charge is 0.495 e. The zero-order chi connectivity index (χ0) is 12.3. The van der Waals surface area contributed by atoms with E-state index in [9.17, 15) is 0 Å². The zero-order valence-corrected chi connectivity index (χ0v) is 11.7. The van der Waals surface area contributed by atoms with Gasteiger partial charge < -0.3 is 14.4 Å². The van der Waals surface area contributed by atoms with Crippen LogP contribution in [0.1, 0.15) is 6.92 Å². The minimum absolute atomic E-state index is 0.232. The molecule has 2 rings (SSSR count). The van der Waals surface area contributed by atoms with Crippen LogP contribution in [0.25, 0.3) is 0 Å². The van der Waals surface area contributed by atoms with E-state index in [1.807, 2.05) is 12.1 Å². The second kappa shape index (κ2) is 5.69. The number of rotatable bonds is 3. The molecule has 1 aliphatic heterocycles. The minimum atomic E-state index is 0.232. The van der Waals surface area contributed by atoms with Crippen LogP contribution in [0.4, 0.5) is 5.82 Å². The lowest BCUT2D eigenvalue weighted by molar-refractivity contribution is 0.0376. The summed E-state index contributed by atoms with van der Waals surface area (Å²) in [6.07, 6.45) is 1.98. The number of methoxy groups -OCH3 is 1. The third-order valence-corrected chi connectivity index (χ3v) is 3.65. The van der Waals surface area contributed by atoms with Gasteiger partial charge in [0, 0.05) is 11.9 Å². The van der Waals surface area contributed by atoms with Gasteiger partial charge in [0.05, 0.1) is 32.1 Å². The normalized spacial score (nSPS) is 24.8. The van der Waals surface area contributed by atoms with Crippen molar-refractivity contribution in [3.8, 4) is 5.75 Å². The Morgan fingerprint density at radius 2 is 2.41 bits per heavy atom. The molecule has 1 aliphatic rings. The molecule has 5 heteroatoms. The SMILES string of the molecule is COc1ccc(N2CC(CBr)OCC2C)nc1. The number of nitrogens with zero attached hydrogens (tertiary/aromatic N) is 2. The van der Waals surface area contributed by atoms with Crippen LogP contribution in [0.2, 0.25) is 0 Å². The van der Waals surface area contributed by atoms with Crippen molar-refractivity contribution in [3.05, 3.63) is 18.3 Å². The first-order valence-corrected chi connectivity index (χ1v) is 6.81. The van der Waals surface area contributed by atoms with Gasteiger partial charge in [-0.25, -0.2) is 4.98 Å². The number of morpholine rings is 1. The summed E-state index contributed by atoms with van der Waals surface area (Å²) in [7, 11) is 1.65. The van der Waals surface area contributed by atoms with Crippen LogP contribution < -0.4 is 9.64 Å². The quantitative estimate of drug-likeness (QED) is 0.801. The monoisotopic (exact) mass is 300 g/mol. The van der Waals surface area contributed by atoms with Crippen molar-refractivity contribution in [3.63, 3.8) is 0 Å². The summed E-state index contributed by atoms with van der Waals surface area (Å²) >= 11 is 3.46. The Kier molecular flexibility index (Phi) is 4.23. The Bertz CT molecular complexity index is 358. The first-order valence-electron chi connectivity index (χ1n) is 5.69. The molecule has 2 heterocycles. The van der Waals surface area contributed by atoms with Crippen LogP contribution in [0, 0.1) is 0 Å². The highest BCUT2D eigenvalue weighted by atomic mass is 79.9. The third-order valence-electron chi connectivity index (χ3n) is 2.93. The van der Waals surface area contributed by atoms with Crippen molar-refractivity contribution in [1.29, 1.82) is 0 Å². The summed E-state index contributed by atoms with van der Waals surface area (Å²) < 4.78 is 10.8. The molecule has 0 saturated carbocycles. The molecule has 2 unspecified atom stereocenters.